The topological polar surface area (TPSA) is 46.1 Å². The third-order valence-corrected chi connectivity index (χ3v) is 2.36. The molecule has 74 valence electrons. The van der Waals surface area contributed by atoms with Crippen LogP contribution in [0.1, 0.15) is 23.2 Å². The number of hydrogen-bond acceptors (Lipinski definition) is 4. The van der Waals surface area contributed by atoms with Gasteiger partial charge in [-0.05, 0) is 18.8 Å². The second-order valence-corrected chi connectivity index (χ2v) is 3.76. The molecule has 0 spiro atoms. The van der Waals surface area contributed by atoms with Crippen molar-refractivity contribution in [2.75, 3.05) is 18.5 Å². The maximum absolute atomic E-state index is 10.4. The number of aldehydes is 1. The van der Waals surface area contributed by atoms with E-state index in [-0.39, 0.29) is 0 Å². The van der Waals surface area contributed by atoms with E-state index in [0.29, 0.717) is 11.5 Å². The molecular formula is C10H13N3O. The van der Waals surface area contributed by atoms with Crippen molar-refractivity contribution in [2.45, 2.75) is 12.8 Å². The van der Waals surface area contributed by atoms with Crippen molar-refractivity contribution in [2.24, 2.45) is 5.92 Å². The lowest BCUT2D eigenvalue weighted by Crippen LogP contribution is -2.22. The SMILES string of the molecule is CN(CC1CC1)c1ncc(C=O)cn1. The Kier molecular flexibility index (Phi) is 2.43. The second kappa shape index (κ2) is 3.74. The monoisotopic (exact) mass is 191 g/mol. The molecule has 0 unspecified atom stereocenters. The van der Waals surface area contributed by atoms with Gasteiger partial charge in [0.2, 0.25) is 5.95 Å². The molecule has 0 bridgehead atoms. The van der Waals surface area contributed by atoms with Gasteiger partial charge in [0.25, 0.3) is 0 Å². The molecule has 1 aliphatic carbocycles. The van der Waals surface area contributed by atoms with Gasteiger partial charge in [-0.15, -0.1) is 0 Å². The fourth-order valence-electron chi connectivity index (χ4n) is 1.36. The zero-order chi connectivity index (χ0) is 9.97. The first-order valence-electron chi connectivity index (χ1n) is 4.78. The van der Waals surface area contributed by atoms with Crippen molar-refractivity contribution in [3.63, 3.8) is 0 Å². The summed E-state index contributed by atoms with van der Waals surface area (Å²) >= 11 is 0. The van der Waals surface area contributed by atoms with E-state index in [9.17, 15) is 4.79 Å². The molecule has 4 heteroatoms. The van der Waals surface area contributed by atoms with Gasteiger partial charge in [-0.3, -0.25) is 4.79 Å². The molecule has 1 saturated carbocycles. The number of nitrogens with zero attached hydrogens (tertiary/aromatic N) is 3. The Balaban J connectivity index is 2.02. The minimum Gasteiger partial charge on any atom is -0.344 e. The summed E-state index contributed by atoms with van der Waals surface area (Å²) < 4.78 is 0. The number of hydrogen-bond donors (Lipinski definition) is 0. The van der Waals surface area contributed by atoms with E-state index in [4.69, 9.17) is 0 Å². The van der Waals surface area contributed by atoms with Crippen LogP contribution in [0.2, 0.25) is 0 Å². The number of carbonyl (C=O) groups is 1. The van der Waals surface area contributed by atoms with Crippen molar-refractivity contribution in [1.29, 1.82) is 0 Å². The van der Waals surface area contributed by atoms with E-state index in [1.54, 1.807) is 12.4 Å². The summed E-state index contributed by atoms with van der Waals surface area (Å²) in [4.78, 5) is 20.6. The fourth-order valence-corrected chi connectivity index (χ4v) is 1.36. The lowest BCUT2D eigenvalue weighted by atomic mass is 10.4. The molecule has 4 nitrogen and oxygen atoms in total. The van der Waals surface area contributed by atoms with Crippen LogP contribution in [0.3, 0.4) is 0 Å². The maximum Gasteiger partial charge on any atom is 0.225 e. The van der Waals surface area contributed by atoms with Crippen LogP contribution in [-0.4, -0.2) is 29.8 Å². The highest BCUT2D eigenvalue weighted by Gasteiger charge is 2.23. The van der Waals surface area contributed by atoms with Crippen LogP contribution in [-0.2, 0) is 0 Å². The van der Waals surface area contributed by atoms with Crippen molar-refractivity contribution < 1.29 is 4.79 Å². The van der Waals surface area contributed by atoms with Crippen LogP contribution in [0.25, 0.3) is 0 Å². The second-order valence-electron chi connectivity index (χ2n) is 3.76. The van der Waals surface area contributed by atoms with Crippen molar-refractivity contribution in [1.82, 2.24) is 9.97 Å². The summed E-state index contributed by atoms with van der Waals surface area (Å²) in [7, 11) is 1.98. The quantitative estimate of drug-likeness (QED) is 0.669. The van der Waals surface area contributed by atoms with Gasteiger partial charge < -0.3 is 4.90 Å². The van der Waals surface area contributed by atoms with Crippen LogP contribution >= 0.6 is 0 Å². The zero-order valence-corrected chi connectivity index (χ0v) is 8.18. The third kappa shape index (κ3) is 2.07. The number of aromatic nitrogens is 2. The molecule has 0 radical (unpaired) electrons. The normalized spacial score (nSPS) is 15.2. The van der Waals surface area contributed by atoms with E-state index >= 15 is 0 Å². The molecule has 0 atom stereocenters. The van der Waals surface area contributed by atoms with E-state index in [1.807, 2.05) is 11.9 Å². The highest BCUT2D eigenvalue weighted by molar-refractivity contribution is 5.73. The Bertz CT molecular complexity index is 319. The predicted octanol–water partition coefficient (Wildman–Crippen LogP) is 1.14. The average Bonchev–Trinajstić information content (AvgIpc) is 3.02. The summed E-state index contributed by atoms with van der Waals surface area (Å²) in [6.07, 6.45) is 6.50. The van der Waals surface area contributed by atoms with E-state index in [1.165, 1.54) is 12.8 Å². The van der Waals surface area contributed by atoms with Gasteiger partial charge >= 0.3 is 0 Å². The van der Waals surface area contributed by atoms with Crippen molar-refractivity contribution in [3.8, 4) is 0 Å². The molecule has 14 heavy (non-hydrogen) atoms. The van der Waals surface area contributed by atoms with Crippen LogP contribution in [0, 0.1) is 5.92 Å². The van der Waals surface area contributed by atoms with Gasteiger partial charge in [0.1, 0.15) is 0 Å². The molecule has 0 aliphatic heterocycles. The van der Waals surface area contributed by atoms with Gasteiger partial charge in [-0.1, -0.05) is 0 Å². The highest BCUT2D eigenvalue weighted by Crippen LogP contribution is 2.29. The Morgan fingerprint density at radius 2 is 2.14 bits per heavy atom. The fraction of sp³-hybridized carbons (Fsp3) is 0.500. The van der Waals surface area contributed by atoms with Gasteiger partial charge in [-0.2, -0.15) is 0 Å². The molecule has 0 N–H and O–H groups in total. The molecule has 2 rings (SSSR count). The molecule has 0 amide bonds. The maximum atomic E-state index is 10.4. The van der Waals surface area contributed by atoms with Crippen molar-refractivity contribution in [3.05, 3.63) is 18.0 Å². The molecular weight excluding hydrogens is 178 g/mol. The van der Waals surface area contributed by atoms with E-state index in [0.717, 1.165) is 18.7 Å². The van der Waals surface area contributed by atoms with Crippen LogP contribution in [0.4, 0.5) is 5.95 Å². The minimum absolute atomic E-state index is 0.522. The number of carbonyl (C=O) groups excluding carboxylic acids is 1. The Labute approximate surface area is 83.0 Å². The summed E-state index contributed by atoms with van der Waals surface area (Å²) in [5, 5.41) is 0. The first kappa shape index (κ1) is 9.12. The summed E-state index contributed by atoms with van der Waals surface area (Å²) in [6.45, 7) is 1.01. The predicted molar refractivity (Wildman–Crippen MR) is 53.4 cm³/mol. The Morgan fingerprint density at radius 3 is 2.64 bits per heavy atom. The standard InChI is InChI=1S/C10H13N3O/c1-13(6-8-2-3-8)10-11-4-9(7-14)5-12-10/h4-5,7-8H,2-3,6H2,1H3. The first-order chi connectivity index (χ1) is 6.79. The first-order valence-corrected chi connectivity index (χ1v) is 4.78. The van der Waals surface area contributed by atoms with Crippen LogP contribution < -0.4 is 4.90 Å². The largest absolute Gasteiger partial charge is 0.344 e. The highest BCUT2D eigenvalue weighted by atomic mass is 16.1. The summed E-state index contributed by atoms with van der Waals surface area (Å²) in [6, 6.07) is 0. The van der Waals surface area contributed by atoms with Gasteiger partial charge in [0, 0.05) is 26.0 Å². The Hall–Kier alpha value is -1.45. The molecule has 1 aromatic heterocycles. The molecule has 1 heterocycles. The van der Waals surface area contributed by atoms with E-state index in [2.05, 4.69) is 9.97 Å². The van der Waals surface area contributed by atoms with Gasteiger partial charge in [-0.25, -0.2) is 9.97 Å². The summed E-state index contributed by atoms with van der Waals surface area (Å²) in [5.74, 6) is 1.51. The number of rotatable bonds is 4. The van der Waals surface area contributed by atoms with Crippen molar-refractivity contribution >= 4 is 12.2 Å². The molecule has 1 fully saturated rings. The lowest BCUT2D eigenvalue weighted by Gasteiger charge is -2.15. The van der Waals surface area contributed by atoms with Gasteiger partial charge in [0.05, 0.1) is 5.56 Å². The van der Waals surface area contributed by atoms with E-state index < -0.39 is 0 Å². The minimum atomic E-state index is 0.522. The molecule has 1 aliphatic rings. The summed E-state index contributed by atoms with van der Waals surface area (Å²) in [5.41, 5.74) is 0.522. The van der Waals surface area contributed by atoms with Crippen LogP contribution in [0.5, 0.6) is 0 Å². The third-order valence-electron chi connectivity index (χ3n) is 2.36. The number of anilines is 1. The zero-order valence-electron chi connectivity index (χ0n) is 8.18. The van der Waals surface area contributed by atoms with Crippen LogP contribution in [0.15, 0.2) is 12.4 Å². The average molecular weight is 191 g/mol. The smallest absolute Gasteiger partial charge is 0.225 e. The Morgan fingerprint density at radius 1 is 1.50 bits per heavy atom. The molecule has 0 aromatic carbocycles. The lowest BCUT2D eigenvalue weighted by molar-refractivity contribution is 0.112. The van der Waals surface area contributed by atoms with Gasteiger partial charge in [0.15, 0.2) is 6.29 Å². The molecule has 0 saturated heterocycles. The molecule has 1 aromatic rings.